The van der Waals surface area contributed by atoms with Crippen molar-refractivity contribution in [3.05, 3.63) is 29.8 Å². The van der Waals surface area contributed by atoms with Crippen LogP contribution < -0.4 is 4.74 Å². The summed E-state index contributed by atoms with van der Waals surface area (Å²) >= 11 is 0. The number of esters is 1. The standard InChI is InChI=1S/C23H36O2/c1-6-8-10-19(11-9-7-2)20-12-14-21(15-13-20)25-22(24)23(17(3)4)16-18(23)5/h12-15,17-19H,6-11,16H2,1-5H3. The molecule has 0 N–H and O–H groups in total. The Morgan fingerprint density at radius 1 is 1.12 bits per heavy atom. The van der Waals surface area contributed by atoms with Crippen molar-refractivity contribution in [1.29, 1.82) is 0 Å². The number of benzene rings is 1. The Labute approximate surface area is 154 Å². The van der Waals surface area contributed by atoms with Crippen molar-refractivity contribution in [2.45, 2.75) is 85.5 Å². The van der Waals surface area contributed by atoms with Gasteiger partial charge >= 0.3 is 5.97 Å². The van der Waals surface area contributed by atoms with Crippen LogP contribution in [-0.2, 0) is 4.79 Å². The second-order valence-corrected chi connectivity index (χ2v) is 8.24. The molecular weight excluding hydrogens is 308 g/mol. The van der Waals surface area contributed by atoms with Crippen molar-refractivity contribution in [3.63, 3.8) is 0 Å². The Morgan fingerprint density at radius 2 is 1.64 bits per heavy atom. The third-order valence-corrected chi connectivity index (χ3v) is 6.15. The number of ether oxygens (including phenoxy) is 1. The van der Waals surface area contributed by atoms with Crippen molar-refractivity contribution in [1.82, 2.24) is 0 Å². The molecule has 2 unspecified atom stereocenters. The summed E-state index contributed by atoms with van der Waals surface area (Å²) in [6, 6.07) is 8.30. The second kappa shape index (κ2) is 8.87. The zero-order chi connectivity index (χ0) is 18.4. The lowest BCUT2D eigenvalue weighted by atomic mass is 9.89. The molecule has 1 aliphatic carbocycles. The summed E-state index contributed by atoms with van der Waals surface area (Å²) < 4.78 is 5.73. The first-order chi connectivity index (χ1) is 12.0. The van der Waals surface area contributed by atoms with Crippen LogP contribution in [0.1, 0.15) is 91.0 Å². The van der Waals surface area contributed by atoms with Crippen LogP contribution in [0.5, 0.6) is 5.75 Å². The molecule has 0 aromatic heterocycles. The van der Waals surface area contributed by atoms with Crippen LogP contribution in [-0.4, -0.2) is 5.97 Å². The van der Waals surface area contributed by atoms with Gasteiger partial charge in [0.05, 0.1) is 5.41 Å². The van der Waals surface area contributed by atoms with E-state index in [4.69, 9.17) is 4.74 Å². The molecule has 2 nitrogen and oxygen atoms in total. The molecule has 0 spiro atoms. The van der Waals surface area contributed by atoms with E-state index in [-0.39, 0.29) is 11.4 Å². The van der Waals surface area contributed by atoms with Gasteiger partial charge in [0.1, 0.15) is 5.75 Å². The lowest BCUT2D eigenvalue weighted by Crippen LogP contribution is -2.28. The average molecular weight is 345 g/mol. The minimum atomic E-state index is -0.260. The fourth-order valence-electron chi connectivity index (χ4n) is 4.16. The molecule has 0 heterocycles. The van der Waals surface area contributed by atoms with Crippen LogP contribution in [0.2, 0.25) is 0 Å². The summed E-state index contributed by atoms with van der Waals surface area (Å²) in [6.45, 7) is 10.9. The molecule has 1 fully saturated rings. The van der Waals surface area contributed by atoms with E-state index in [1.54, 1.807) is 0 Å². The molecule has 2 atom stereocenters. The summed E-state index contributed by atoms with van der Waals surface area (Å²) in [6.07, 6.45) is 8.51. The lowest BCUT2D eigenvalue weighted by molar-refractivity contribution is -0.142. The van der Waals surface area contributed by atoms with Crippen LogP contribution in [0.4, 0.5) is 0 Å². The number of rotatable bonds is 10. The smallest absolute Gasteiger partial charge is 0.318 e. The van der Waals surface area contributed by atoms with Crippen molar-refractivity contribution < 1.29 is 9.53 Å². The first kappa shape index (κ1) is 20.0. The van der Waals surface area contributed by atoms with Crippen LogP contribution in [0.25, 0.3) is 0 Å². The second-order valence-electron chi connectivity index (χ2n) is 8.24. The van der Waals surface area contributed by atoms with Crippen LogP contribution >= 0.6 is 0 Å². The summed E-state index contributed by atoms with van der Waals surface area (Å²) in [5.74, 6) is 2.05. The zero-order valence-corrected chi connectivity index (χ0v) is 16.8. The van der Waals surface area contributed by atoms with E-state index in [1.165, 1.54) is 44.1 Å². The number of hydrogen-bond acceptors (Lipinski definition) is 2. The predicted molar refractivity (Wildman–Crippen MR) is 105 cm³/mol. The van der Waals surface area contributed by atoms with Crippen LogP contribution in [0.3, 0.4) is 0 Å². The Balaban J connectivity index is 2.01. The zero-order valence-electron chi connectivity index (χ0n) is 16.8. The molecule has 2 heteroatoms. The minimum Gasteiger partial charge on any atom is -0.426 e. The fraction of sp³-hybridized carbons (Fsp3) is 0.696. The monoisotopic (exact) mass is 344 g/mol. The summed E-state index contributed by atoms with van der Waals surface area (Å²) in [7, 11) is 0. The summed E-state index contributed by atoms with van der Waals surface area (Å²) in [4.78, 5) is 12.6. The topological polar surface area (TPSA) is 26.3 Å². The van der Waals surface area contributed by atoms with Gasteiger partial charge in [0.2, 0.25) is 0 Å². The molecule has 1 aromatic carbocycles. The maximum atomic E-state index is 12.6. The SMILES string of the molecule is CCCCC(CCCC)c1ccc(OC(=O)C2(C(C)C)CC2C)cc1. The number of carbonyl (C=O) groups excluding carboxylic acids is 1. The minimum absolute atomic E-state index is 0.0451. The van der Waals surface area contributed by atoms with Gasteiger partial charge < -0.3 is 4.74 Å². The van der Waals surface area contributed by atoms with Crippen LogP contribution in [0.15, 0.2) is 24.3 Å². The third-order valence-electron chi connectivity index (χ3n) is 6.15. The molecule has 0 aliphatic heterocycles. The van der Waals surface area contributed by atoms with E-state index in [0.717, 1.165) is 6.42 Å². The molecule has 1 aliphatic rings. The molecular formula is C23H36O2. The van der Waals surface area contributed by atoms with Gasteiger partial charge in [0, 0.05) is 0 Å². The molecule has 140 valence electrons. The summed E-state index contributed by atoms with van der Waals surface area (Å²) in [5.41, 5.74) is 1.13. The maximum Gasteiger partial charge on any atom is 0.318 e. The van der Waals surface area contributed by atoms with E-state index in [0.29, 0.717) is 23.5 Å². The van der Waals surface area contributed by atoms with Gasteiger partial charge in [-0.3, -0.25) is 4.79 Å². The molecule has 0 saturated heterocycles. The van der Waals surface area contributed by atoms with Gasteiger partial charge in [-0.15, -0.1) is 0 Å². The van der Waals surface area contributed by atoms with E-state index in [1.807, 2.05) is 12.1 Å². The van der Waals surface area contributed by atoms with Gasteiger partial charge in [0.15, 0.2) is 0 Å². The Morgan fingerprint density at radius 3 is 2.04 bits per heavy atom. The van der Waals surface area contributed by atoms with Crippen molar-refractivity contribution in [2.24, 2.45) is 17.3 Å². The molecule has 0 amide bonds. The molecule has 0 bridgehead atoms. The first-order valence-electron chi connectivity index (χ1n) is 10.3. The average Bonchev–Trinajstić information content (AvgIpc) is 3.29. The van der Waals surface area contributed by atoms with Gasteiger partial charge in [0.25, 0.3) is 0 Å². The normalized spacial score (nSPS) is 22.4. The van der Waals surface area contributed by atoms with Gasteiger partial charge in [-0.25, -0.2) is 0 Å². The fourth-order valence-corrected chi connectivity index (χ4v) is 4.16. The molecule has 0 radical (unpaired) electrons. The van der Waals surface area contributed by atoms with Crippen molar-refractivity contribution in [2.75, 3.05) is 0 Å². The maximum absolute atomic E-state index is 12.6. The lowest BCUT2D eigenvalue weighted by Gasteiger charge is -2.20. The Hall–Kier alpha value is -1.31. The van der Waals surface area contributed by atoms with Gasteiger partial charge in [-0.05, 0) is 54.7 Å². The van der Waals surface area contributed by atoms with Crippen LogP contribution in [0, 0.1) is 17.3 Å². The highest BCUT2D eigenvalue weighted by molar-refractivity contribution is 5.83. The quantitative estimate of drug-likeness (QED) is 0.347. The number of carbonyl (C=O) groups is 1. The Kier molecular flexibility index (Phi) is 7.10. The predicted octanol–water partition coefficient (Wildman–Crippen LogP) is 6.74. The van der Waals surface area contributed by atoms with E-state index in [9.17, 15) is 4.79 Å². The third kappa shape index (κ3) is 4.65. The first-order valence-corrected chi connectivity index (χ1v) is 10.3. The van der Waals surface area contributed by atoms with Crippen molar-refractivity contribution in [3.8, 4) is 5.75 Å². The number of hydrogen-bond donors (Lipinski definition) is 0. The van der Waals surface area contributed by atoms with E-state index >= 15 is 0 Å². The highest BCUT2D eigenvalue weighted by Crippen LogP contribution is 2.58. The largest absolute Gasteiger partial charge is 0.426 e. The molecule has 25 heavy (non-hydrogen) atoms. The van der Waals surface area contributed by atoms with E-state index < -0.39 is 0 Å². The molecule has 1 aromatic rings. The highest BCUT2D eigenvalue weighted by atomic mass is 16.5. The summed E-state index contributed by atoms with van der Waals surface area (Å²) in [5, 5.41) is 0. The van der Waals surface area contributed by atoms with E-state index in [2.05, 4.69) is 46.8 Å². The van der Waals surface area contributed by atoms with Crippen molar-refractivity contribution >= 4 is 5.97 Å². The van der Waals surface area contributed by atoms with Gasteiger partial charge in [-0.1, -0.05) is 72.4 Å². The number of unbranched alkanes of at least 4 members (excludes halogenated alkanes) is 2. The Bertz CT molecular complexity index is 538. The molecule has 1 saturated carbocycles. The molecule has 2 rings (SSSR count). The highest BCUT2D eigenvalue weighted by Gasteiger charge is 2.60. The van der Waals surface area contributed by atoms with Gasteiger partial charge in [-0.2, -0.15) is 0 Å².